The van der Waals surface area contributed by atoms with E-state index < -0.39 is 12.8 Å². The van der Waals surface area contributed by atoms with Crippen LogP contribution in [0, 0.1) is 0 Å². The Kier molecular flexibility index (Phi) is 6.66. The summed E-state index contributed by atoms with van der Waals surface area (Å²) in [6, 6.07) is 13.1. The summed E-state index contributed by atoms with van der Waals surface area (Å²) >= 11 is 5.83. The third-order valence-electron chi connectivity index (χ3n) is 3.09. The van der Waals surface area contributed by atoms with Gasteiger partial charge in [0.15, 0.2) is 0 Å². The second-order valence-electron chi connectivity index (χ2n) is 5.24. The zero-order chi connectivity index (χ0) is 18.3. The van der Waals surface area contributed by atoms with Gasteiger partial charge in [-0.1, -0.05) is 41.9 Å². The number of nitrogens with one attached hydrogen (secondary N) is 2. The second kappa shape index (κ2) is 8.73. The van der Waals surface area contributed by atoms with Gasteiger partial charge in [0.25, 0.3) is 0 Å². The Morgan fingerprint density at radius 3 is 2.40 bits per heavy atom. The van der Waals surface area contributed by atoms with Crippen molar-refractivity contribution in [2.24, 2.45) is 0 Å². The molecule has 2 aromatic carbocycles. The van der Waals surface area contributed by atoms with Crippen molar-refractivity contribution in [1.29, 1.82) is 0 Å². The van der Waals surface area contributed by atoms with Gasteiger partial charge in [-0.2, -0.15) is 13.2 Å². The van der Waals surface area contributed by atoms with E-state index in [0.717, 1.165) is 5.56 Å². The highest BCUT2D eigenvalue weighted by Crippen LogP contribution is 2.16. The van der Waals surface area contributed by atoms with Crippen LogP contribution in [0.25, 0.3) is 0 Å². The number of hydrogen-bond donors (Lipinski definition) is 2. The maximum atomic E-state index is 12.0. The topological polar surface area (TPSA) is 50.4 Å². The van der Waals surface area contributed by atoms with Crippen molar-refractivity contribution in [3.05, 3.63) is 64.7 Å². The summed E-state index contributed by atoms with van der Waals surface area (Å²) in [5.74, 6) is 0. The Labute approximate surface area is 147 Å². The van der Waals surface area contributed by atoms with Gasteiger partial charge < -0.3 is 15.4 Å². The molecule has 0 heterocycles. The minimum absolute atomic E-state index is 0.123. The number of carbonyl (C=O) groups is 1. The molecule has 0 spiro atoms. The molecule has 0 saturated heterocycles. The smallest absolute Gasteiger partial charge is 0.367 e. The largest absolute Gasteiger partial charge is 0.411 e. The highest BCUT2D eigenvalue weighted by molar-refractivity contribution is 6.30. The molecule has 2 amide bonds. The number of alkyl halides is 3. The Bertz CT molecular complexity index is 706. The zero-order valence-electron chi connectivity index (χ0n) is 13.1. The lowest BCUT2D eigenvalue weighted by atomic mass is 10.1. The van der Waals surface area contributed by atoms with Crippen molar-refractivity contribution in [3.63, 3.8) is 0 Å². The molecule has 0 radical (unpaired) electrons. The zero-order valence-corrected chi connectivity index (χ0v) is 13.8. The first-order valence-corrected chi connectivity index (χ1v) is 7.72. The lowest BCUT2D eigenvalue weighted by Gasteiger charge is -2.09. The fourth-order valence-corrected chi connectivity index (χ4v) is 2.15. The molecule has 2 aromatic rings. The van der Waals surface area contributed by atoms with E-state index in [9.17, 15) is 18.0 Å². The van der Waals surface area contributed by atoms with Crippen LogP contribution in [0.4, 0.5) is 23.7 Å². The van der Waals surface area contributed by atoms with Crippen molar-refractivity contribution in [3.8, 4) is 0 Å². The van der Waals surface area contributed by atoms with Gasteiger partial charge in [0.05, 0.1) is 6.61 Å². The van der Waals surface area contributed by atoms with E-state index in [0.29, 0.717) is 16.3 Å². The van der Waals surface area contributed by atoms with E-state index in [-0.39, 0.29) is 19.2 Å². The Balaban J connectivity index is 1.76. The summed E-state index contributed by atoms with van der Waals surface area (Å²) in [5.41, 5.74) is 2.00. The first kappa shape index (κ1) is 19.1. The van der Waals surface area contributed by atoms with Crippen LogP contribution in [-0.4, -0.2) is 18.8 Å². The maximum absolute atomic E-state index is 12.0. The van der Waals surface area contributed by atoms with Crippen LogP contribution in [0.15, 0.2) is 48.5 Å². The van der Waals surface area contributed by atoms with Crippen LogP contribution in [0.2, 0.25) is 5.02 Å². The molecular formula is C17H16ClF3N2O2. The van der Waals surface area contributed by atoms with Crippen LogP contribution in [0.5, 0.6) is 0 Å². The quantitative estimate of drug-likeness (QED) is 0.769. The van der Waals surface area contributed by atoms with E-state index in [1.54, 1.807) is 48.5 Å². The monoisotopic (exact) mass is 372 g/mol. The predicted molar refractivity (Wildman–Crippen MR) is 89.5 cm³/mol. The summed E-state index contributed by atoms with van der Waals surface area (Å²) in [6.07, 6.45) is -4.33. The van der Waals surface area contributed by atoms with Crippen molar-refractivity contribution in [2.45, 2.75) is 19.3 Å². The summed E-state index contributed by atoms with van der Waals surface area (Å²) in [4.78, 5) is 11.8. The van der Waals surface area contributed by atoms with E-state index in [1.165, 1.54) is 0 Å². The van der Waals surface area contributed by atoms with E-state index >= 15 is 0 Å². The first-order valence-electron chi connectivity index (χ1n) is 7.34. The molecule has 0 aliphatic carbocycles. The predicted octanol–water partition coefficient (Wildman–Crippen LogP) is 4.74. The van der Waals surface area contributed by atoms with Gasteiger partial charge in [0.1, 0.15) is 6.61 Å². The number of hydrogen-bond acceptors (Lipinski definition) is 2. The minimum atomic E-state index is -4.33. The third-order valence-corrected chi connectivity index (χ3v) is 3.33. The summed E-state index contributed by atoms with van der Waals surface area (Å²) < 4.78 is 40.6. The molecule has 0 saturated carbocycles. The standard InChI is InChI=1S/C17H16ClF3N2O2/c18-14-2-1-3-15(8-14)23-16(24)22-9-12-4-6-13(7-5-12)10-25-11-17(19,20)21/h1-8H,9-11H2,(H2,22,23,24). The first-order chi connectivity index (χ1) is 11.8. The van der Waals surface area contributed by atoms with Crippen molar-refractivity contribution >= 4 is 23.3 Å². The number of rotatable bonds is 6. The number of halogens is 4. The number of ether oxygens (including phenoxy) is 1. The lowest BCUT2D eigenvalue weighted by molar-refractivity contribution is -0.176. The molecule has 0 aromatic heterocycles. The molecular weight excluding hydrogens is 357 g/mol. The summed E-state index contributed by atoms with van der Waals surface area (Å²) in [6.45, 7) is -1.13. The van der Waals surface area contributed by atoms with Crippen molar-refractivity contribution < 1.29 is 22.7 Å². The van der Waals surface area contributed by atoms with Crippen LogP contribution in [0.3, 0.4) is 0 Å². The van der Waals surface area contributed by atoms with Gasteiger partial charge >= 0.3 is 12.2 Å². The summed E-state index contributed by atoms with van der Waals surface area (Å²) in [5, 5.41) is 5.84. The lowest BCUT2D eigenvalue weighted by Crippen LogP contribution is -2.28. The number of urea groups is 1. The second-order valence-corrected chi connectivity index (χ2v) is 5.68. The average Bonchev–Trinajstić information content (AvgIpc) is 2.53. The van der Waals surface area contributed by atoms with Crippen molar-refractivity contribution in [1.82, 2.24) is 5.32 Å². The normalized spacial score (nSPS) is 11.2. The molecule has 0 aliphatic heterocycles. The van der Waals surface area contributed by atoms with Gasteiger partial charge in [-0.05, 0) is 29.3 Å². The minimum Gasteiger partial charge on any atom is -0.367 e. The third kappa shape index (κ3) is 7.45. The molecule has 2 rings (SSSR count). The molecule has 0 atom stereocenters. The molecule has 0 aliphatic rings. The van der Waals surface area contributed by atoms with Crippen LogP contribution < -0.4 is 10.6 Å². The fourth-order valence-electron chi connectivity index (χ4n) is 1.96. The molecule has 2 N–H and O–H groups in total. The van der Waals surface area contributed by atoms with Crippen LogP contribution in [0.1, 0.15) is 11.1 Å². The highest BCUT2D eigenvalue weighted by atomic mass is 35.5. The SMILES string of the molecule is O=C(NCc1ccc(COCC(F)(F)F)cc1)Nc1cccc(Cl)c1. The number of anilines is 1. The van der Waals surface area contributed by atoms with E-state index in [4.69, 9.17) is 11.6 Å². The number of carbonyl (C=O) groups excluding carboxylic acids is 1. The van der Waals surface area contributed by atoms with E-state index in [2.05, 4.69) is 15.4 Å². The van der Waals surface area contributed by atoms with Crippen LogP contribution >= 0.6 is 11.6 Å². The molecule has 4 nitrogen and oxygen atoms in total. The van der Waals surface area contributed by atoms with Gasteiger partial charge in [-0.15, -0.1) is 0 Å². The van der Waals surface area contributed by atoms with E-state index in [1.807, 2.05) is 0 Å². The molecule has 134 valence electrons. The molecule has 0 unspecified atom stereocenters. The van der Waals surface area contributed by atoms with Crippen LogP contribution in [-0.2, 0) is 17.9 Å². The molecule has 0 fully saturated rings. The Morgan fingerprint density at radius 2 is 1.76 bits per heavy atom. The Morgan fingerprint density at radius 1 is 1.08 bits per heavy atom. The van der Waals surface area contributed by atoms with Gasteiger partial charge in [-0.3, -0.25) is 0 Å². The van der Waals surface area contributed by atoms with Crippen molar-refractivity contribution in [2.75, 3.05) is 11.9 Å². The number of benzene rings is 2. The summed E-state index contributed by atoms with van der Waals surface area (Å²) in [7, 11) is 0. The average molecular weight is 373 g/mol. The highest BCUT2D eigenvalue weighted by Gasteiger charge is 2.27. The maximum Gasteiger partial charge on any atom is 0.411 e. The van der Waals surface area contributed by atoms with Gasteiger partial charge in [0.2, 0.25) is 0 Å². The fraction of sp³-hybridized carbons (Fsp3) is 0.235. The van der Waals surface area contributed by atoms with Gasteiger partial charge in [-0.25, -0.2) is 4.79 Å². The molecule has 25 heavy (non-hydrogen) atoms. The number of amides is 2. The molecule has 0 bridgehead atoms. The van der Waals surface area contributed by atoms with Gasteiger partial charge in [0, 0.05) is 17.3 Å². The Hall–Kier alpha value is -2.25. The molecule has 8 heteroatoms.